The van der Waals surface area contributed by atoms with Crippen LogP contribution < -0.4 is 10.9 Å². The van der Waals surface area contributed by atoms with Crippen LogP contribution in [0.2, 0.25) is 0 Å². The lowest BCUT2D eigenvalue weighted by molar-refractivity contribution is -0.125. The summed E-state index contributed by atoms with van der Waals surface area (Å²) in [5.74, 6) is 0.122. The molecule has 1 saturated heterocycles. The molecule has 3 rings (SSSR count). The molecular weight excluding hydrogens is 256 g/mol. The van der Waals surface area contributed by atoms with Crippen molar-refractivity contribution >= 4 is 5.91 Å². The van der Waals surface area contributed by atoms with Crippen molar-refractivity contribution in [1.82, 2.24) is 9.88 Å². The Kier molecular flexibility index (Phi) is 3.61. The molecule has 1 amide bonds. The SMILES string of the molecule is Cn1c2c(ccc1=O)C[C@H](NC(=O)[C@@H]1CCOC1)CC2. The summed E-state index contributed by atoms with van der Waals surface area (Å²) in [5, 5.41) is 3.13. The molecule has 1 aromatic heterocycles. The highest BCUT2D eigenvalue weighted by Crippen LogP contribution is 2.20. The number of amides is 1. The van der Waals surface area contributed by atoms with E-state index in [1.165, 1.54) is 5.56 Å². The number of nitrogens with zero attached hydrogens (tertiary/aromatic N) is 1. The number of nitrogens with one attached hydrogen (secondary N) is 1. The van der Waals surface area contributed by atoms with Crippen LogP contribution in [0.4, 0.5) is 0 Å². The minimum Gasteiger partial charge on any atom is -0.381 e. The summed E-state index contributed by atoms with van der Waals surface area (Å²) in [5.41, 5.74) is 2.31. The highest BCUT2D eigenvalue weighted by Gasteiger charge is 2.27. The van der Waals surface area contributed by atoms with Gasteiger partial charge in [0, 0.05) is 31.5 Å². The Morgan fingerprint density at radius 2 is 2.25 bits per heavy atom. The minimum absolute atomic E-state index is 0.0107. The molecule has 5 nitrogen and oxygen atoms in total. The molecule has 0 aromatic carbocycles. The third kappa shape index (κ3) is 2.50. The fourth-order valence-electron chi connectivity index (χ4n) is 3.10. The van der Waals surface area contributed by atoms with Crippen LogP contribution in [0.3, 0.4) is 0 Å². The lowest BCUT2D eigenvalue weighted by Crippen LogP contribution is -2.43. The fraction of sp³-hybridized carbons (Fsp3) is 0.600. The van der Waals surface area contributed by atoms with Gasteiger partial charge >= 0.3 is 0 Å². The molecule has 2 aliphatic rings. The highest BCUT2D eigenvalue weighted by molar-refractivity contribution is 5.79. The molecule has 0 bridgehead atoms. The van der Waals surface area contributed by atoms with Gasteiger partial charge in [0.2, 0.25) is 11.5 Å². The number of fused-ring (bicyclic) bond motifs is 1. The maximum Gasteiger partial charge on any atom is 0.250 e. The van der Waals surface area contributed by atoms with E-state index in [0.717, 1.165) is 31.4 Å². The number of rotatable bonds is 2. The first kappa shape index (κ1) is 13.4. The summed E-state index contributed by atoms with van der Waals surface area (Å²) < 4.78 is 6.97. The average Bonchev–Trinajstić information content (AvgIpc) is 2.97. The van der Waals surface area contributed by atoms with Crippen molar-refractivity contribution in [2.45, 2.75) is 31.7 Å². The van der Waals surface area contributed by atoms with Crippen molar-refractivity contribution in [2.24, 2.45) is 13.0 Å². The maximum absolute atomic E-state index is 12.1. The van der Waals surface area contributed by atoms with E-state index < -0.39 is 0 Å². The first-order valence-electron chi connectivity index (χ1n) is 7.21. The lowest BCUT2D eigenvalue weighted by atomic mass is 9.91. The van der Waals surface area contributed by atoms with Gasteiger partial charge in [0.05, 0.1) is 12.5 Å². The first-order valence-corrected chi connectivity index (χ1v) is 7.21. The van der Waals surface area contributed by atoms with Crippen LogP contribution in [-0.4, -0.2) is 29.7 Å². The second kappa shape index (κ2) is 5.40. The van der Waals surface area contributed by atoms with Crippen molar-refractivity contribution in [2.75, 3.05) is 13.2 Å². The van der Waals surface area contributed by atoms with Gasteiger partial charge < -0.3 is 14.6 Å². The van der Waals surface area contributed by atoms with Crippen LogP contribution in [0, 0.1) is 5.92 Å². The number of aromatic nitrogens is 1. The van der Waals surface area contributed by atoms with Gasteiger partial charge in [0.1, 0.15) is 0 Å². The number of carbonyl (C=O) groups excluding carboxylic acids is 1. The number of carbonyl (C=O) groups is 1. The van der Waals surface area contributed by atoms with Crippen molar-refractivity contribution < 1.29 is 9.53 Å². The summed E-state index contributed by atoms with van der Waals surface area (Å²) in [4.78, 5) is 23.7. The normalized spacial score (nSPS) is 25.2. The third-order valence-corrected chi connectivity index (χ3v) is 4.38. The van der Waals surface area contributed by atoms with Crippen molar-refractivity contribution in [1.29, 1.82) is 0 Å². The molecule has 0 radical (unpaired) electrons. The Hall–Kier alpha value is -1.62. The van der Waals surface area contributed by atoms with Gasteiger partial charge in [0.15, 0.2) is 0 Å². The van der Waals surface area contributed by atoms with Crippen LogP contribution in [0.15, 0.2) is 16.9 Å². The van der Waals surface area contributed by atoms with Crippen LogP contribution in [0.5, 0.6) is 0 Å². The summed E-state index contributed by atoms with van der Waals surface area (Å²) in [6.07, 6.45) is 3.37. The van der Waals surface area contributed by atoms with E-state index in [4.69, 9.17) is 4.74 Å². The van der Waals surface area contributed by atoms with Gasteiger partial charge in [-0.2, -0.15) is 0 Å². The van der Waals surface area contributed by atoms with Crippen LogP contribution >= 0.6 is 0 Å². The molecule has 1 aromatic rings. The largest absolute Gasteiger partial charge is 0.381 e. The van der Waals surface area contributed by atoms with E-state index in [1.807, 2.05) is 13.1 Å². The van der Waals surface area contributed by atoms with Gasteiger partial charge in [-0.3, -0.25) is 9.59 Å². The van der Waals surface area contributed by atoms with E-state index in [1.54, 1.807) is 10.6 Å². The number of pyridine rings is 1. The van der Waals surface area contributed by atoms with Crippen LogP contribution in [0.25, 0.3) is 0 Å². The Morgan fingerprint density at radius 1 is 1.40 bits per heavy atom. The smallest absolute Gasteiger partial charge is 0.250 e. The van der Waals surface area contributed by atoms with Crippen LogP contribution in [-0.2, 0) is 29.4 Å². The second-order valence-corrected chi connectivity index (χ2v) is 5.71. The van der Waals surface area contributed by atoms with E-state index in [2.05, 4.69) is 5.32 Å². The monoisotopic (exact) mass is 276 g/mol. The molecule has 0 saturated carbocycles. The van der Waals surface area contributed by atoms with Gasteiger partial charge in [-0.25, -0.2) is 0 Å². The molecule has 0 spiro atoms. The topological polar surface area (TPSA) is 60.3 Å². The summed E-state index contributed by atoms with van der Waals surface area (Å²) in [7, 11) is 1.82. The molecule has 0 unspecified atom stereocenters. The standard InChI is InChI=1S/C15H20N2O3/c1-17-13-4-3-12(8-10(13)2-5-14(17)18)16-15(19)11-6-7-20-9-11/h2,5,11-12H,3-4,6-9H2,1H3,(H,16,19)/t11-,12-/m1/s1. The Labute approximate surface area is 117 Å². The van der Waals surface area contributed by atoms with Crippen molar-refractivity contribution in [3.63, 3.8) is 0 Å². The molecule has 1 fully saturated rings. The first-order chi connectivity index (χ1) is 9.65. The second-order valence-electron chi connectivity index (χ2n) is 5.71. The number of hydrogen-bond donors (Lipinski definition) is 1. The molecule has 2 atom stereocenters. The molecule has 108 valence electrons. The zero-order chi connectivity index (χ0) is 14.1. The van der Waals surface area contributed by atoms with E-state index in [9.17, 15) is 9.59 Å². The lowest BCUT2D eigenvalue weighted by Gasteiger charge is -2.27. The fourth-order valence-corrected chi connectivity index (χ4v) is 3.10. The Morgan fingerprint density at radius 3 is 3.00 bits per heavy atom. The van der Waals surface area contributed by atoms with E-state index >= 15 is 0 Å². The Bertz CT molecular complexity index is 573. The molecule has 1 N–H and O–H groups in total. The molecule has 2 heterocycles. The van der Waals surface area contributed by atoms with Gasteiger partial charge in [-0.15, -0.1) is 0 Å². The maximum atomic E-state index is 12.1. The molecule has 20 heavy (non-hydrogen) atoms. The molecular formula is C15H20N2O3. The predicted molar refractivity (Wildman–Crippen MR) is 74.6 cm³/mol. The van der Waals surface area contributed by atoms with E-state index in [0.29, 0.717) is 13.2 Å². The molecule has 5 heteroatoms. The molecule has 1 aliphatic heterocycles. The summed E-state index contributed by atoms with van der Waals surface area (Å²) in [6, 6.07) is 3.68. The number of ether oxygens (including phenoxy) is 1. The van der Waals surface area contributed by atoms with E-state index in [-0.39, 0.29) is 23.4 Å². The van der Waals surface area contributed by atoms with Gasteiger partial charge in [0.25, 0.3) is 0 Å². The quantitative estimate of drug-likeness (QED) is 0.850. The zero-order valence-corrected chi connectivity index (χ0v) is 11.7. The summed E-state index contributed by atoms with van der Waals surface area (Å²) in [6.45, 7) is 1.23. The van der Waals surface area contributed by atoms with Gasteiger partial charge in [-0.05, 0) is 31.2 Å². The van der Waals surface area contributed by atoms with Crippen molar-refractivity contribution in [3.8, 4) is 0 Å². The summed E-state index contributed by atoms with van der Waals surface area (Å²) >= 11 is 0. The number of hydrogen-bond acceptors (Lipinski definition) is 3. The predicted octanol–water partition coefficient (Wildman–Crippen LogP) is 0.395. The third-order valence-electron chi connectivity index (χ3n) is 4.38. The minimum atomic E-state index is 0.0107. The van der Waals surface area contributed by atoms with Crippen LogP contribution in [0.1, 0.15) is 24.1 Å². The average molecular weight is 276 g/mol. The zero-order valence-electron chi connectivity index (χ0n) is 11.7. The van der Waals surface area contributed by atoms with Gasteiger partial charge in [-0.1, -0.05) is 6.07 Å². The Balaban J connectivity index is 1.68. The highest BCUT2D eigenvalue weighted by atomic mass is 16.5. The van der Waals surface area contributed by atoms with Crippen molar-refractivity contribution in [3.05, 3.63) is 33.7 Å². The molecule has 1 aliphatic carbocycles.